The van der Waals surface area contributed by atoms with Gasteiger partial charge in [0.25, 0.3) is 6.43 Å². The van der Waals surface area contributed by atoms with Crippen LogP contribution in [-0.2, 0) is 17.6 Å². The maximum absolute atomic E-state index is 11.9. The van der Waals surface area contributed by atoms with Crippen LogP contribution in [0.2, 0.25) is 0 Å². The van der Waals surface area contributed by atoms with Crippen LogP contribution < -0.4 is 5.73 Å². The van der Waals surface area contributed by atoms with Gasteiger partial charge in [0.05, 0.1) is 6.61 Å². The van der Waals surface area contributed by atoms with Gasteiger partial charge in [-0.3, -0.25) is 0 Å². The Kier molecular flexibility index (Phi) is 5.91. The highest BCUT2D eigenvalue weighted by molar-refractivity contribution is 5.30. The summed E-state index contributed by atoms with van der Waals surface area (Å²) in [6.07, 6.45) is -1.23. The van der Waals surface area contributed by atoms with E-state index in [2.05, 4.69) is 23.8 Å². The zero-order chi connectivity index (χ0) is 13.5. The molecule has 0 saturated carbocycles. The lowest BCUT2D eigenvalue weighted by atomic mass is 10.1. The fraction of sp³-hybridized carbons (Fsp3) is 0.667. The predicted octanol–water partition coefficient (Wildman–Crippen LogP) is 2.08. The average Bonchev–Trinajstić information content (AvgIpc) is 2.22. The Bertz CT molecular complexity index is 372. The second kappa shape index (κ2) is 7.20. The number of nitrogens with zero attached hydrogens (tertiary/aromatic N) is 2. The van der Waals surface area contributed by atoms with Crippen molar-refractivity contribution in [1.29, 1.82) is 0 Å². The third-order valence-electron chi connectivity index (χ3n) is 2.18. The summed E-state index contributed by atoms with van der Waals surface area (Å²) in [5, 5.41) is 0. The first-order valence-corrected chi connectivity index (χ1v) is 5.95. The van der Waals surface area contributed by atoms with Crippen molar-refractivity contribution >= 4 is 5.82 Å². The van der Waals surface area contributed by atoms with Gasteiger partial charge in [-0.15, -0.1) is 0 Å². The van der Waals surface area contributed by atoms with E-state index in [-0.39, 0.29) is 6.61 Å². The Labute approximate surface area is 106 Å². The molecule has 18 heavy (non-hydrogen) atoms. The second-order valence-corrected chi connectivity index (χ2v) is 4.51. The summed E-state index contributed by atoms with van der Waals surface area (Å²) < 4.78 is 28.5. The van der Waals surface area contributed by atoms with Crippen molar-refractivity contribution < 1.29 is 13.5 Å². The van der Waals surface area contributed by atoms with Crippen molar-refractivity contribution in [2.75, 3.05) is 18.9 Å². The van der Waals surface area contributed by atoms with Crippen LogP contribution in [0, 0.1) is 5.92 Å². The highest BCUT2D eigenvalue weighted by Gasteiger charge is 2.06. The van der Waals surface area contributed by atoms with Gasteiger partial charge in [0, 0.05) is 18.2 Å². The number of anilines is 1. The zero-order valence-corrected chi connectivity index (χ0v) is 10.7. The van der Waals surface area contributed by atoms with Gasteiger partial charge in [-0.2, -0.15) is 0 Å². The molecular formula is C12H19F2N3O. The predicted molar refractivity (Wildman–Crippen MR) is 65.5 cm³/mol. The van der Waals surface area contributed by atoms with Crippen LogP contribution in [0.1, 0.15) is 25.4 Å². The maximum Gasteiger partial charge on any atom is 0.261 e. The highest BCUT2D eigenvalue weighted by Crippen LogP contribution is 2.09. The van der Waals surface area contributed by atoms with Gasteiger partial charge in [0.15, 0.2) is 0 Å². The monoisotopic (exact) mass is 259 g/mol. The van der Waals surface area contributed by atoms with Gasteiger partial charge in [-0.05, 0) is 12.3 Å². The van der Waals surface area contributed by atoms with Crippen LogP contribution in [-0.4, -0.2) is 29.6 Å². The van der Waals surface area contributed by atoms with E-state index in [0.717, 1.165) is 12.1 Å². The summed E-state index contributed by atoms with van der Waals surface area (Å²) in [4.78, 5) is 8.39. The Morgan fingerprint density at radius 1 is 1.33 bits per heavy atom. The Hall–Kier alpha value is -1.30. The fourth-order valence-corrected chi connectivity index (χ4v) is 1.55. The molecule has 0 unspecified atom stereocenters. The van der Waals surface area contributed by atoms with E-state index in [1.807, 2.05) is 0 Å². The number of rotatable bonds is 7. The molecule has 0 spiro atoms. The van der Waals surface area contributed by atoms with Crippen molar-refractivity contribution in [3.8, 4) is 0 Å². The number of alkyl halides is 2. The van der Waals surface area contributed by atoms with Crippen molar-refractivity contribution in [3.05, 3.63) is 17.6 Å². The van der Waals surface area contributed by atoms with E-state index in [9.17, 15) is 8.78 Å². The minimum Gasteiger partial charge on any atom is -0.384 e. The lowest BCUT2D eigenvalue weighted by Crippen LogP contribution is -2.11. The first kappa shape index (κ1) is 14.8. The third-order valence-corrected chi connectivity index (χ3v) is 2.18. The number of nitrogen functional groups attached to an aromatic ring is 1. The highest BCUT2D eigenvalue weighted by atomic mass is 19.3. The zero-order valence-electron chi connectivity index (χ0n) is 10.7. The minimum absolute atomic E-state index is 0.176. The molecule has 102 valence electrons. The largest absolute Gasteiger partial charge is 0.384 e. The van der Waals surface area contributed by atoms with Gasteiger partial charge in [-0.1, -0.05) is 13.8 Å². The first-order chi connectivity index (χ1) is 8.47. The summed E-state index contributed by atoms with van der Waals surface area (Å²) in [5.74, 6) is 1.42. The summed E-state index contributed by atoms with van der Waals surface area (Å²) in [7, 11) is 0. The van der Waals surface area contributed by atoms with Crippen molar-refractivity contribution in [1.82, 2.24) is 9.97 Å². The van der Waals surface area contributed by atoms with Gasteiger partial charge >= 0.3 is 0 Å². The summed E-state index contributed by atoms with van der Waals surface area (Å²) in [6.45, 7) is 3.80. The summed E-state index contributed by atoms with van der Waals surface area (Å²) >= 11 is 0. The smallest absolute Gasteiger partial charge is 0.261 e. The van der Waals surface area contributed by atoms with Crippen LogP contribution in [0.4, 0.5) is 14.6 Å². The van der Waals surface area contributed by atoms with E-state index >= 15 is 0 Å². The number of ether oxygens (including phenoxy) is 1. The first-order valence-electron chi connectivity index (χ1n) is 5.95. The molecule has 6 heteroatoms. The van der Waals surface area contributed by atoms with Gasteiger partial charge in [-0.25, -0.2) is 18.7 Å². The second-order valence-electron chi connectivity index (χ2n) is 4.51. The Morgan fingerprint density at radius 2 is 2.06 bits per heavy atom. The number of aromatic nitrogens is 2. The molecule has 0 aromatic carbocycles. The number of hydrogen-bond acceptors (Lipinski definition) is 4. The molecule has 0 aliphatic carbocycles. The van der Waals surface area contributed by atoms with Gasteiger partial charge in [0.1, 0.15) is 18.2 Å². The molecular weight excluding hydrogens is 240 g/mol. The average molecular weight is 259 g/mol. The van der Waals surface area contributed by atoms with Crippen LogP contribution in [0.15, 0.2) is 6.07 Å². The quantitative estimate of drug-likeness (QED) is 0.762. The van der Waals surface area contributed by atoms with Crippen molar-refractivity contribution in [3.63, 3.8) is 0 Å². The SMILES string of the molecule is CC(C)Cc1cc(N)nc(CCOCC(F)F)n1. The molecule has 1 aromatic rings. The molecule has 0 atom stereocenters. The summed E-state index contributed by atoms with van der Waals surface area (Å²) in [5.41, 5.74) is 6.55. The molecule has 0 fully saturated rings. The molecule has 0 amide bonds. The van der Waals surface area contributed by atoms with Crippen LogP contribution in [0.3, 0.4) is 0 Å². The van der Waals surface area contributed by atoms with Gasteiger partial charge in [0.2, 0.25) is 0 Å². The number of halogens is 2. The molecule has 0 saturated heterocycles. The topological polar surface area (TPSA) is 61.0 Å². The Balaban J connectivity index is 2.51. The maximum atomic E-state index is 11.9. The van der Waals surface area contributed by atoms with E-state index in [1.54, 1.807) is 6.07 Å². The molecule has 1 aromatic heterocycles. The molecule has 0 aliphatic heterocycles. The van der Waals surface area contributed by atoms with E-state index in [1.165, 1.54) is 0 Å². The lowest BCUT2D eigenvalue weighted by Gasteiger charge is -2.08. The van der Waals surface area contributed by atoms with Gasteiger partial charge < -0.3 is 10.5 Å². The van der Waals surface area contributed by atoms with Crippen molar-refractivity contribution in [2.24, 2.45) is 5.92 Å². The Morgan fingerprint density at radius 3 is 2.67 bits per heavy atom. The normalized spacial score (nSPS) is 11.4. The fourth-order valence-electron chi connectivity index (χ4n) is 1.55. The molecule has 4 nitrogen and oxygen atoms in total. The summed E-state index contributed by atoms with van der Waals surface area (Å²) in [6, 6.07) is 1.74. The van der Waals surface area contributed by atoms with E-state index in [0.29, 0.717) is 24.0 Å². The van der Waals surface area contributed by atoms with Crippen LogP contribution >= 0.6 is 0 Å². The lowest BCUT2D eigenvalue weighted by molar-refractivity contribution is 0.0183. The van der Waals surface area contributed by atoms with E-state index < -0.39 is 13.0 Å². The van der Waals surface area contributed by atoms with Crippen molar-refractivity contribution in [2.45, 2.75) is 33.1 Å². The molecule has 0 radical (unpaired) electrons. The molecule has 0 aliphatic rings. The van der Waals surface area contributed by atoms with Crippen LogP contribution in [0.25, 0.3) is 0 Å². The molecule has 0 bridgehead atoms. The number of hydrogen-bond donors (Lipinski definition) is 1. The van der Waals surface area contributed by atoms with E-state index in [4.69, 9.17) is 10.5 Å². The number of nitrogens with two attached hydrogens (primary N) is 1. The minimum atomic E-state index is -2.44. The van der Waals surface area contributed by atoms with Crippen LogP contribution in [0.5, 0.6) is 0 Å². The molecule has 1 rings (SSSR count). The molecule has 1 heterocycles. The standard InChI is InChI=1S/C12H19F2N3O/c1-8(2)5-9-6-11(15)17-12(16-9)3-4-18-7-10(13)14/h6,8,10H,3-5,7H2,1-2H3,(H2,15,16,17). The third kappa shape index (κ3) is 5.86. The molecule has 2 N–H and O–H groups in total.